The molecule has 2 aromatic rings. The van der Waals surface area contributed by atoms with Crippen molar-refractivity contribution in [1.82, 2.24) is 0 Å². The van der Waals surface area contributed by atoms with Crippen LogP contribution in [0.5, 0.6) is 5.75 Å². The number of nitriles is 1. The third-order valence-electron chi connectivity index (χ3n) is 2.65. The first-order valence-electron chi connectivity index (χ1n) is 5.76. The summed E-state index contributed by atoms with van der Waals surface area (Å²) in [5.41, 5.74) is 0.0463. The average Bonchev–Trinajstić information content (AvgIpc) is 2.47. The number of halogens is 2. The number of nitro groups is 1. The molecule has 0 saturated carbocycles. The van der Waals surface area contributed by atoms with Gasteiger partial charge in [0.25, 0.3) is 0 Å². The fourth-order valence-corrected chi connectivity index (χ4v) is 1.66. The van der Waals surface area contributed by atoms with Crippen LogP contribution in [0.15, 0.2) is 36.4 Å². The van der Waals surface area contributed by atoms with Crippen LogP contribution in [0.25, 0.3) is 0 Å². The molecular formula is C14H8F2N2O3. The Morgan fingerprint density at radius 3 is 2.67 bits per heavy atom. The summed E-state index contributed by atoms with van der Waals surface area (Å²) in [4.78, 5) is 9.45. The summed E-state index contributed by atoms with van der Waals surface area (Å²) in [7, 11) is 0. The number of rotatable bonds is 4. The van der Waals surface area contributed by atoms with Crippen LogP contribution >= 0.6 is 0 Å². The molecule has 0 saturated heterocycles. The smallest absolute Gasteiger partial charge is 0.307 e. The topological polar surface area (TPSA) is 76.2 Å². The number of hydrogen-bond acceptors (Lipinski definition) is 4. The number of ether oxygens (including phenoxy) is 1. The Labute approximate surface area is 118 Å². The first-order valence-corrected chi connectivity index (χ1v) is 5.76. The highest BCUT2D eigenvalue weighted by molar-refractivity contribution is 5.39. The Bertz CT molecular complexity index is 741. The van der Waals surface area contributed by atoms with Gasteiger partial charge in [-0.15, -0.1) is 0 Å². The minimum absolute atomic E-state index is 0.0936. The lowest BCUT2D eigenvalue weighted by atomic mass is 10.1. The summed E-state index contributed by atoms with van der Waals surface area (Å²) in [6, 6.07) is 9.45. The molecule has 106 valence electrons. The molecule has 0 atom stereocenters. The quantitative estimate of drug-likeness (QED) is 0.639. The maximum Gasteiger partial charge on any atom is 0.307 e. The highest BCUT2D eigenvalue weighted by atomic mass is 19.1. The van der Waals surface area contributed by atoms with Crippen molar-refractivity contribution in [3.05, 3.63) is 69.3 Å². The van der Waals surface area contributed by atoms with E-state index >= 15 is 0 Å². The van der Waals surface area contributed by atoms with Crippen LogP contribution in [0, 0.1) is 33.1 Å². The third-order valence-corrected chi connectivity index (χ3v) is 2.65. The Morgan fingerprint density at radius 1 is 1.24 bits per heavy atom. The fourth-order valence-electron chi connectivity index (χ4n) is 1.66. The molecule has 0 heterocycles. The predicted molar refractivity (Wildman–Crippen MR) is 68.5 cm³/mol. The molecule has 0 bridgehead atoms. The van der Waals surface area contributed by atoms with E-state index in [-0.39, 0.29) is 6.61 Å². The van der Waals surface area contributed by atoms with Gasteiger partial charge in [0, 0.05) is 6.07 Å². The molecule has 0 fully saturated rings. The van der Waals surface area contributed by atoms with E-state index in [9.17, 15) is 18.9 Å². The van der Waals surface area contributed by atoms with Gasteiger partial charge < -0.3 is 4.74 Å². The summed E-state index contributed by atoms with van der Waals surface area (Å²) in [5.74, 6) is -2.64. The van der Waals surface area contributed by atoms with Gasteiger partial charge in [0.1, 0.15) is 6.61 Å². The van der Waals surface area contributed by atoms with Crippen LogP contribution in [-0.2, 0) is 6.61 Å². The van der Waals surface area contributed by atoms with Gasteiger partial charge in [0.2, 0.25) is 5.82 Å². The molecule has 0 unspecified atom stereocenters. The van der Waals surface area contributed by atoms with Crippen LogP contribution in [0.3, 0.4) is 0 Å². The molecule has 0 aliphatic carbocycles. The van der Waals surface area contributed by atoms with Crippen LogP contribution in [0.1, 0.15) is 11.1 Å². The molecule has 2 aromatic carbocycles. The zero-order valence-electron chi connectivity index (χ0n) is 10.5. The summed E-state index contributed by atoms with van der Waals surface area (Å²) in [6.45, 7) is -0.0936. The van der Waals surface area contributed by atoms with E-state index < -0.39 is 28.0 Å². The molecule has 2 rings (SSSR count). The van der Waals surface area contributed by atoms with Gasteiger partial charge in [-0.2, -0.15) is 9.65 Å². The van der Waals surface area contributed by atoms with Gasteiger partial charge >= 0.3 is 5.69 Å². The maximum atomic E-state index is 13.6. The largest absolute Gasteiger partial charge is 0.486 e. The Balaban J connectivity index is 2.19. The van der Waals surface area contributed by atoms with Gasteiger partial charge in [0.05, 0.1) is 22.6 Å². The number of benzene rings is 2. The molecule has 7 heteroatoms. The van der Waals surface area contributed by atoms with Crippen molar-refractivity contribution in [3.8, 4) is 11.8 Å². The van der Waals surface area contributed by atoms with Crippen LogP contribution in [0.2, 0.25) is 0 Å². The summed E-state index contributed by atoms with van der Waals surface area (Å²) >= 11 is 0. The molecular weight excluding hydrogens is 282 g/mol. The summed E-state index contributed by atoms with van der Waals surface area (Å²) < 4.78 is 32.1. The Kier molecular flexibility index (Phi) is 4.09. The SMILES string of the molecule is N#Cc1cccc(COc2cc(F)c([N+](=O)[O-])cc2F)c1. The van der Waals surface area contributed by atoms with Crippen molar-refractivity contribution < 1.29 is 18.4 Å². The van der Waals surface area contributed by atoms with Gasteiger partial charge in [0.15, 0.2) is 11.6 Å². The fraction of sp³-hybridized carbons (Fsp3) is 0.0714. The first kappa shape index (κ1) is 14.4. The molecule has 0 spiro atoms. The van der Waals surface area contributed by atoms with Crippen molar-refractivity contribution in [3.63, 3.8) is 0 Å². The van der Waals surface area contributed by atoms with E-state index in [1.165, 1.54) is 0 Å². The van der Waals surface area contributed by atoms with Crippen molar-refractivity contribution in [2.24, 2.45) is 0 Å². The van der Waals surface area contributed by atoms with E-state index in [0.29, 0.717) is 23.3 Å². The van der Waals surface area contributed by atoms with Crippen molar-refractivity contribution in [2.45, 2.75) is 6.61 Å². The lowest BCUT2D eigenvalue weighted by Gasteiger charge is -2.08. The van der Waals surface area contributed by atoms with Gasteiger partial charge in [-0.25, -0.2) is 4.39 Å². The zero-order valence-corrected chi connectivity index (χ0v) is 10.5. The minimum Gasteiger partial charge on any atom is -0.486 e. The third kappa shape index (κ3) is 3.30. The van der Waals surface area contributed by atoms with Crippen LogP contribution < -0.4 is 4.74 Å². The second-order valence-corrected chi connectivity index (χ2v) is 4.09. The van der Waals surface area contributed by atoms with E-state index in [2.05, 4.69) is 0 Å². The number of nitro benzene ring substituents is 1. The average molecular weight is 290 g/mol. The lowest BCUT2D eigenvalue weighted by Crippen LogP contribution is -2.00. The second-order valence-electron chi connectivity index (χ2n) is 4.09. The number of nitrogens with zero attached hydrogens (tertiary/aromatic N) is 2. The van der Waals surface area contributed by atoms with E-state index in [0.717, 1.165) is 0 Å². The van der Waals surface area contributed by atoms with Crippen molar-refractivity contribution in [1.29, 1.82) is 5.26 Å². The molecule has 5 nitrogen and oxygen atoms in total. The van der Waals surface area contributed by atoms with Crippen LogP contribution in [-0.4, -0.2) is 4.92 Å². The Morgan fingerprint density at radius 2 is 2.00 bits per heavy atom. The molecule has 21 heavy (non-hydrogen) atoms. The maximum absolute atomic E-state index is 13.6. The minimum atomic E-state index is -1.18. The van der Waals surface area contributed by atoms with E-state index in [1.54, 1.807) is 24.3 Å². The highest BCUT2D eigenvalue weighted by Crippen LogP contribution is 2.27. The van der Waals surface area contributed by atoms with E-state index in [1.807, 2.05) is 6.07 Å². The lowest BCUT2D eigenvalue weighted by molar-refractivity contribution is -0.387. The van der Waals surface area contributed by atoms with Crippen molar-refractivity contribution >= 4 is 5.69 Å². The molecule has 0 aliphatic heterocycles. The summed E-state index contributed by atoms with van der Waals surface area (Å²) in [6.07, 6.45) is 0. The van der Waals surface area contributed by atoms with Crippen molar-refractivity contribution in [2.75, 3.05) is 0 Å². The number of hydrogen-bond donors (Lipinski definition) is 0. The van der Waals surface area contributed by atoms with Crippen LogP contribution in [0.4, 0.5) is 14.5 Å². The highest BCUT2D eigenvalue weighted by Gasteiger charge is 2.19. The molecule has 0 radical (unpaired) electrons. The molecule has 0 aliphatic rings. The predicted octanol–water partition coefficient (Wildman–Crippen LogP) is 3.32. The van der Waals surface area contributed by atoms with Gasteiger partial charge in [-0.05, 0) is 17.7 Å². The standard InChI is InChI=1S/C14H8F2N2O3/c15-11-6-14(12(16)5-13(11)18(19)20)21-8-10-3-1-2-9(4-10)7-17/h1-6H,8H2. The zero-order chi connectivity index (χ0) is 15.4. The summed E-state index contributed by atoms with van der Waals surface area (Å²) in [5, 5.41) is 19.2. The monoisotopic (exact) mass is 290 g/mol. The second kappa shape index (κ2) is 5.96. The van der Waals surface area contributed by atoms with E-state index in [4.69, 9.17) is 10.00 Å². The molecule has 0 amide bonds. The van der Waals surface area contributed by atoms with Gasteiger partial charge in [-0.1, -0.05) is 12.1 Å². The first-order chi connectivity index (χ1) is 10.0. The molecule has 0 aromatic heterocycles. The normalized spacial score (nSPS) is 9.95. The molecule has 0 N–H and O–H groups in total. The van der Waals surface area contributed by atoms with Gasteiger partial charge in [-0.3, -0.25) is 10.1 Å². The Hall–Kier alpha value is -3.01.